The Balaban J connectivity index is 1.24. The average molecular weight is 521 g/mol. The number of rotatable bonds is 2. The van der Waals surface area contributed by atoms with E-state index in [0.29, 0.717) is 0 Å². The largest absolute Gasteiger partial charge is 0.0613 e. The summed E-state index contributed by atoms with van der Waals surface area (Å²) in [6, 6.07) is 50.0. The second-order valence-corrected chi connectivity index (χ2v) is 12.1. The van der Waals surface area contributed by atoms with Crippen molar-refractivity contribution in [2.45, 2.75) is 19.3 Å². The minimum absolute atomic E-state index is 0.0503. The summed E-state index contributed by atoms with van der Waals surface area (Å²) in [6.07, 6.45) is 0. The predicted molar refractivity (Wildman–Crippen MR) is 176 cm³/mol. The Morgan fingerprint density at radius 2 is 0.976 bits per heavy atom. The van der Waals surface area contributed by atoms with E-state index in [0.717, 1.165) is 0 Å². The van der Waals surface area contributed by atoms with Gasteiger partial charge in [-0.15, -0.1) is 0 Å². The van der Waals surface area contributed by atoms with Crippen LogP contribution in [0.4, 0.5) is 0 Å². The molecular formula is C41H28. The van der Waals surface area contributed by atoms with Crippen molar-refractivity contribution >= 4 is 43.1 Å². The zero-order chi connectivity index (χ0) is 27.3. The Labute approximate surface area is 239 Å². The highest BCUT2D eigenvalue weighted by Crippen LogP contribution is 2.49. The van der Waals surface area contributed by atoms with Gasteiger partial charge >= 0.3 is 0 Å². The van der Waals surface area contributed by atoms with E-state index < -0.39 is 0 Å². The molecule has 192 valence electrons. The van der Waals surface area contributed by atoms with Crippen LogP contribution in [0.3, 0.4) is 0 Å². The van der Waals surface area contributed by atoms with Crippen molar-refractivity contribution in [2.24, 2.45) is 0 Å². The fraction of sp³-hybridized carbons (Fsp3) is 0.0732. The first-order valence-corrected chi connectivity index (χ1v) is 14.5. The van der Waals surface area contributed by atoms with Crippen LogP contribution in [-0.4, -0.2) is 0 Å². The number of hydrogen-bond donors (Lipinski definition) is 0. The fourth-order valence-electron chi connectivity index (χ4n) is 7.58. The van der Waals surface area contributed by atoms with Crippen LogP contribution < -0.4 is 0 Å². The normalized spacial score (nSPS) is 13.8. The van der Waals surface area contributed by atoms with Crippen LogP contribution in [0.2, 0.25) is 0 Å². The first-order valence-electron chi connectivity index (χ1n) is 14.5. The first kappa shape index (κ1) is 22.8. The molecule has 0 atom stereocenters. The number of fused-ring (bicyclic) bond motifs is 2. The lowest BCUT2D eigenvalue weighted by molar-refractivity contribution is 0.645. The van der Waals surface area contributed by atoms with E-state index in [1.54, 1.807) is 0 Å². The minimum atomic E-state index is -0.0503. The fourth-order valence-corrected chi connectivity index (χ4v) is 7.58. The third-order valence-electron chi connectivity index (χ3n) is 9.60. The second-order valence-electron chi connectivity index (χ2n) is 12.1. The van der Waals surface area contributed by atoms with Crippen LogP contribution in [-0.2, 0) is 5.41 Å². The molecule has 41 heavy (non-hydrogen) atoms. The summed E-state index contributed by atoms with van der Waals surface area (Å²) in [4.78, 5) is 0. The van der Waals surface area contributed by atoms with Crippen molar-refractivity contribution in [3.8, 4) is 33.4 Å². The van der Waals surface area contributed by atoms with Crippen molar-refractivity contribution in [3.05, 3.63) is 145 Å². The maximum absolute atomic E-state index is 2.42. The third kappa shape index (κ3) is 3.11. The van der Waals surface area contributed by atoms with Gasteiger partial charge in [0.1, 0.15) is 0 Å². The highest BCUT2D eigenvalue weighted by molar-refractivity contribution is 6.25. The molecule has 8 aromatic carbocycles. The molecule has 1 aliphatic rings. The van der Waals surface area contributed by atoms with Crippen LogP contribution in [0.25, 0.3) is 76.5 Å². The van der Waals surface area contributed by atoms with Crippen molar-refractivity contribution in [1.29, 1.82) is 0 Å². The molecule has 8 aromatic rings. The maximum Gasteiger partial charge on any atom is 0.0159 e. The summed E-state index contributed by atoms with van der Waals surface area (Å²) in [6.45, 7) is 4.73. The highest BCUT2D eigenvalue weighted by atomic mass is 14.4. The number of hydrogen-bond acceptors (Lipinski definition) is 0. The molecule has 0 N–H and O–H groups in total. The van der Waals surface area contributed by atoms with Crippen LogP contribution in [0.15, 0.2) is 133 Å². The molecule has 0 bridgehead atoms. The van der Waals surface area contributed by atoms with Gasteiger partial charge in [-0.1, -0.05) is 135 Å². The summed E-state index contributed by atoms with van der Waals surface area (Å²) in [7, 11) is 0. The van der Waals surface area contributed by atoms with Gasteiger partial charge in [0.15, 0.2) is 0 Å². The monoisotopic (exact) mass is 520 g/mol. The van der Waals surface area contributed by atoms with Crippen molar-refractivity contribution in [2.75, 3.05) is 0 Å². The lowest BCUT2D eigenvalue weighted by Gasteiger charge is -2.35. The summed E-state index contributed by atoms with van der Waals surface area (Å²) < 4.78 is 0. The van der Waals surface area contributed by atoms with Gasteiger partial charge in [0.25, 0.3) is 0 Å². The molecule has 0 nitrogen and oxygen atoms in total. The molecule has 0 amide bonds. The molecular weight excluding hydrogens is 492 g/mol. The summed E-state index contributed by atoms with van der Waals surface area (Å²) in [5, 5.41) is 10.7. The summed E-state index contributed by atoms with van der Waals surface area (Å²) >= 11 is 0. The van der Waals surface area contributed by atoms with Crippen LogP contribution in [0, 0.1) is 0 Å². The Bertz CT molecular complexity index is 2310. The Morgan fingerprint density at radius 3 is 1.80 bits per heavy atom. The van der Waals surface area contributed by atoms with Gasteiger partial charge in [-0.2, -0.15) is 0 Å². The molecule has 0 heteroatoms. The lowest BCUT2D eigenvalue weighted by Crippen LogP contribution is -2.23. The van der Waals surface area contributed by atoms with Gasteiger partial charge in [0.2, 0.25) is 0 Å². The molecule has 0 fully saturated rings. The number of benzene rings is 8. The zero-order valence-corrected chi connectivity index (χ0v) is 23.2. The van der Waals surface area contributed by atoms with Gasteiger partial charge < -0.3 is 0 Å². The van der Waals surface area contributed by atoms with Crippen molar-refractivity contribution < 1.29 is 0 Å². The van der Waals surface area contributed by atoms with Gasteiger partial charge in [0.05, 0.1) is 0 Å². The molecule has 0 aliphatic heterocycles. The summed E-state index contributed by atoms with van der Waals surface area (Å²) in [5.41, 5.74) is 10.5. The first-order chi connectivity index (χ1) is 20.1. The molecule has 0 unspecified atom stereocenters. The van der Waals surface area contributed by atoms with Crippen LogP contribution in [0.5, 0.6) is 0 Å². The van der Waals surface area contributed by atoms with E-state index in [4.69, 9.17) is 0 Å². The third-order valence-corrected chi connectivity index (χ3v) is 9.60. The molecule has 0 spiro atoms. The Kier molecular flexibility index (Phi) is 4.49. The van der Waals surface area contributed by atoms with E-state index in [2.05, 4.69) is 147 Å². The molecule has 0 saturated carbocycles. The van der Waals surface area contributed by atoms with E-state index >= 15 is 0 Å². The molecule has 0 radical (unpaired) electrons. The van der Waals surface area contributed by atoms with Gasteiger partial charge in [-0.25, -0.2) is 0 Å². The molecule has 0 saturated heterocycles. The second kappa shape index (κ2) is 8.05. The zero-order valence-electron chi connectivity index (χ0n) is 23.2. The maximum atomic E-state index is 2.42. The lowest BCUT2D eigenvalue weighted by atomic mass is 9.68. The standard InChI is InChI=1S/C41H28/c1-41(2)36-22-19-30(24-35(36)33-13-5-9-25-10-6-14-37(41)39(25)33)29-11-4-12-31(23-29)32-20-17-28-16-15-26-7-3-8-27-18-21-34(32)40(28)38(26)27/h3-24H,1-2H3. The van der Waals surface area contributed by atoms with Crippen LogP contribution in [0.1, 0.15) is 25.0 Å². The van der Waals surface area contributed by atoms with Crippen LogP contribution >= 0.6 is 0 Å². The van der Waals surface area contributed by atoms with Crippen molar-refractivity contribution in [3.63, 3.8) is 0 Å². The molecule has 1 aliphatic carbocycles. The van der Waals surface area contributed by atoms with E-state index in [9.17, 15) is 0 Å². The molecule has 0 heterocycles. The Hall–Kier alpha value is -4.94. The smallest absolute Gasteiger partial charge is 0.0159 e. The van der Waals surface area contributed by atoms with E-state index in [1.165, 1.54) is 87.6 Å². The van der Waals surface area contributed by atoms with Gasteiger partial charge in [-0.3, -0.25) is 0 Å². The van der Waals surface area contributed by atoms with E-state index in [-0.39, 0.29) is 5.41 Å². The van der Waals surface area contributed by atoms with Gasteiger partial charge in [0, 0.05) is 5.41 Å². The topological polar surface area (TPSA) is 0 Å². The molecule has 0 aromatic heterocycles. The average Bonchev–Trinajstić information content (AvgIpc) is 3.02. The predicted octanol–water partition coefficient (Wildman–Crippen LogP) is 11.4. The highest BCUT2D eigenvalue weighted by Gasteiger charge is 2.33. The van der Waals surface area contributed by atoms with E-state index in [1.807, 2.05) is 0 Å². The SMILES string of the molecule is CC1(C)c2ccc(-c3cccc(-c4ccc5ccc6cccc7ccc4c5c67)c3)cc2-c2cccc3cccc1c23. The quantitative estimate of drug-likeness (QED) is 0.199. The summed E-state index contributed by atoms with van der Waals surface area (Å²) in [5.74, 6) is 0. The van der Waals surface area contributed by atoms with Gasteiger partial charge in [-0.05, 0) is 99.7 Å². The Morgan fingerprint density at radius 1 is 0.366 bits per heavy atom. The van der Waals surface area contributed by atoms with Crippen molar-refractivity contribution in [1.82, 2.24) is 0 Å². The molecule has 9 rings (SSSR count). The minimum Gasteiger partial charge on any atom is -0.0613 e.